The third kappa shape index (κ3) is 6.93. The molecule has 1 aromatic heterocycles. The first-order chi connectivity index (χ1) is 16.4. The molecule has 9 nitrogen and oxygen atoms in total. The van der Waals surface area contributed by atoms with Gasteiger partial charge in [-0.25, -0.2) is 4.39 Å². The lowest BCUT2D eigenvalue weighted by atomic mass is 10.1. The average Bonchev–Trinajstić information content (AvgIpc) is 3.27. The Kier molecular flexibility index (Phi) is 8.82. The van der Waals surface area contributed by atoms with Crippen LogP contribution in [0.4, 0.5) is 15.2 Å². The van der Waals surface area contributed by atoms with E-state index in [1.54, 1.807) is 24.3 Å². The molecule has 12 heteroatoms. The van der Waals surface area contributed by atoms with E-state index in [0.717, 1.165) is 23.1 Å². The highest BCUT2D eigenvalue weighted by Gasteiger charge is 2.13. The molecule has 34 heavy (non-hydrogen) atoms. The molecule has 0 atom stereocenters. The Morgan fingerprint density at radius 2 is 1.79 bits per heavy atom. The third-order valence-corrected chi connectivity index (χ3v) is 6.16. The lowest BCUT2D eigenvalue weighted by Crippen LogP contribution is -2.13. The number of thioether (sulfide) groups is 1. The summed E-state index contributed by atoms with van der Waals surface area (Å²) >= 11 is 2.28. The molecule has 0 bridgehead atoms. The third-order valence-electron chi connectivity index (χ3n) is 4.19. The van der Waals surface area contributed by atoms with Crippen molar-refractivity contribution in [1.82, 2.24) is 10.2 Å². The van der Waals surface area contributed by atoms with Crippen LogP contribution in [0.15, 0.2) is 46.8 Å². The van der Waals surface area contributed by atoms with Crippen molar-refractivity contribution in [3.8, 4) is 17.2 Å². The first-order valence-corrected chi connectivity index (χ1v) is 11.5. The quantitative estimate of drug-likeness (QED) is 0.241. The highest BCUT2D eigenvalue weighted by atomic mass is 32.2. The largest absolute Gasteiger partial charge is 0.493 e. The Morgan fingerprint density at radius 1 is 1.06 bits per heavy atom. The van der Waals surface area contributed by atoms with Gasteiger partial charge in [0.1, 0.15) is 5.82 Å². The molecule has 0 fully saturated rings. The van der Waals surface area contributed by atoms with Crippen molar-refractivity contribution in [2.45, 2.75) is 4.34 Å². The van der Waals surface area contributed by atoms with Crippen molar-refractivity contribution in [3.63, 3.8) is 0 Å². The van der Waals surface area contributed by atoms with Crippen LogP contribution in [0.25, 0.3) is 6.08 Å². The van der Waals surface area contributed by atoms with E-state index in [9.17, 15) is 14.0 Å². The molecular formula is C22H21FN4O5S2. The summed E-state index contributed by atoms with van der Waals surface area (Å²) in [5.41, 5.74) is 1.04. The first-order valence-electron chi connectivity index (χ1n) is 9.72. The molecule has 0 spiro atoms. The normalized spacial score (nSPS) is 10.7. The van der Waals surface area contributed by atoms with Gasteiger partial charge in [0.05, 0.1) is 27.1 Å². The number of nitrogens with one attached hydrogen (secondary N) is 2. The number of carbonyl (C=O) groups excluding carboxylic acids is 2. The van der Waals surface area contributed by atoms with Gasteiger partial charge in [0, 0.05) is 11.8 Å². The van der Waals surface area contributed by atoms with Crippen LogP contribution in [-0.4, -0.2) is 49.1 Å². The van der Waals surface area contributed by atoms with Gasteiger partial charge in [-0.1, -0.05) is 29.2 Å². The van der Waals surface area contributed by atoms with Crippen molar-refractivity contribution in [2.24, 2.45) is 0 Å². The summed E-state index contributed by atoms with van der Waals surface area (Å²) in [5.74, 6) is 0.280. The molecular weight excluding hydrogens is 483 g/mol. The van der Waals surface area contributed by atoms with Gasteiger partial charge in [0.15, 0.2) is 15.8 Å². The zero-order valence-corrected chi connectivity index (χ0v) is 20.1. The molecule has 0 saturated heterocycles. The summed E-state index contributed by atoms with van der Waals surface area (Å²) in [6, 6.07) is 9.04. The maximum absolute atomic E-state index is 13.2. The molecule has 1 heterocycles. The minimum Gasteiger partial charge on any atom is -0.493 e. The van der Waals surface area contributed by atoms with Gasteiger partial charge in [-0.3, -0.25) is 14.9 Å². The zero-order valence-electron chi connectivity index (χ0n) is 18.5. The second-order valence-corrected chi connectivity index (χ2v) is 8.70. The fourth-order valence-corrected chi connectivity index (χ4v) is 4.28. The molecule has 0 unspecified atom stereocenters. The minimum atomic E-state index is -0.436. The van der Waals surface area contributed by atoms with Gasteiger partial charge in [0.25, 0.3) is 0 Å². The monoisotopic (exact) mass is 504 g/mol. The number of benzene rings is 2. The average molecular weight is 505 g/mol. The van der Waals surface area contributed by atoms with Gasteiger partial charge in [-0.05, 0) is 42.0 Å². The van der Waals surface area contributed by atoms with E-state index in [-0.39, 0.29) is 16.8 Å². The molecule has 2 amide bonds. The summed E-state index contributed by atoms with van der Waals surface area (Å²) in [6.07, 6.45) is 2.93. The molecule has 3 aromatic rings. The van der Waals surface area contributed by atoms with Crippen LogP contribution >= 0.6 is 23.1 Å². The lowest BCUT2D eigenvalue weighted by molar-refractivity contribution is -0.114. The zero-order chi connectivity index (χ0) is 24.5. The molecule has 0 radical (unpaired) electrons. The molecule has 0 aliphatic heterocycles. The Balaban J connectivity index is 1.54. The van der Waals surface area contributed by atoms with Gasteiger partial charge in [-0.15, -0.1) is 10.2 Å². The molecule has 2 N–H and O–H groups in total. The van der Waals surface area contributed by atoms with E-state index in [0.29, 0.717) is 32.8 Å². The topological polar surface area (TPSA) is 112 Å². The molecule has 2 aromatic carbocycles. The number of aromatic nitrogens is 2. The number of ether oxygens (including phenoxy) is 3. The van der Waals surface area contributed by atoms with Gasteiger partial charge in [-0.2, -0.15) is 0 Å². The van der Waals surface area contributed by atoms with E-state index < -0.39 is 11.7 Å². The standard InChI is InChI=1S/C22H21FN4O5S2/c1-30-16-9-13(10-17(31-2)20(16)32-3)7-8-18(28)25-21-26-27-22(34-21)33-12-19(29)24-15-6-4-5-14(23)11-15/h4-11H,12H2,1-3H3,(H,24,29)(H,25,26,28)/b8-7+. The van der Waals surface area contributed by atoms with Gasteiger partial charge in [0.2, 0.25) is 22.7 Å². The molecule has 0 saturated carbocycles. The van der Waals surface area contributed by atoms with Crippen LogP contribution in [0.2, 0.25) is 0 Å². The first kappa shape index (κ1) is 25.0. The SMILES string of the molecule is COc1cc(/C=C/C(=O)Nc2nnc(SCC(=O)Nc3cccc(F)c3)s2)cc(OC)c1OC. The Morgan fingerprint density at radius 3 is 2.44 bits per heavy atom. The fourth-order valence-electron chi connectivity index (χ4n) is 2.73. The second kappa shape index (κ2) is 12.0. The predicted molar refractivity (Wildman–Crippen MR) is 129 cm³/mol. The Labute approximate surface area is 203 Å². The van der Waals surface area contributed by atoms with Crippen LogP contribution in [0.5, 0.6) is 17.2 Å². The predicted octanol–water partition coefficient (Wildman–Crippen LogP) is 4.09. The van der Waals surface area contributed by atoms with Crippen molar-refractivity contribution < 1.29 is 28.2 Å². The van der Waals surface area contributed by atoms with Crippen molar-refractivity contribution in [1.29, 1.82) is 0 Å². The Hall–Kier alpha value is -3.64. The molecule has 3 rings (SSSR count). The van der Waals surface area contributed by atoms with E-state index >= 15 is 0 Å². The Bertz CT molecular complexity index is 1180. The number of halogens is 1. The summed E-state index contributed by atoms with van der Waals surface area (Å²) < 4.78 is 29.6. The number of carbonyl (C=O) groups is 2. The maximum atomic E-state index is 13.2. The highest BCUT2D eigenvalue weighted by Crippen LogP contribution is 2.38. The van der Waals surface area contributed by atoms with Gasteiger partial charge >= 0.3 is 0 Å². The molecule has 0 aliphatic rings. The number of nitrogens with zero attached hydrogens (tertiary/aromatic N) is 2. The number of hydrogen-bond donors (Lipinski definition) is 2. The number of rotatable bonds is 10. The molecule has 0 aliphatic carbocycles. The van der Waals surface area contributed by atoms with Crippen molar-refractivity contribution in [3.05, 3.63) is 53.9 Å². The summed E-state index contributed by atoms with van der Waals surface area (Å²) in [6.45, 7) is 0. The van der Waals surface area contributed by atoms with E-state index in [1.807, 2.05) is 0 Å². The van der Waals surface area contributed by atoms with Crippen molar-refractivity contribution >= 4 is 51.8 Å². The maximum Gasteiger partial charge on any atom is 0.250 e. The van der Waals surface area contributed by atoms with Crippen molar-refractivity contribution in [2.75, 3.05) is 37.7 Å². The van der Waals surface area contributed by atoms with Crippen LogP contribution in [0.1, 0.15) is 5.56 Å². The second-order valence-electron chi connectivity index (χ2n) is 6.50. The van der Waals surface area contributed by atoms with Crippen LogP contribution in [-0.2, 0) is 9.59 Å². The minimum absolute atomic E-state index is 0.0557. The lowest BCUT2D eigenvalue weighted by Gasteiger charge is -2.12. The number of amides is 2. The van der Waals surface area contributed by atoms with Crippen LogP contribution in [0.3, 0.4) is 0 Å². The van der Waals surface area contributed by atoms with E-state index in [4.69, 9.17) is 14.2 Å². The number of methoxy groups -OCH3 is 3. The number of anilines is 2. The number of hydrogen-bond acceptors (Lipinski definition) is 9. The van der Waals surface area contributed by atoms with E-state index in [1.165, 1.54) is 45.6 Å². The summed E-state index contributed by atoms with van der Waals surface area (Å²) in [4.78, 5) is 24.3. The summed E-state index contributed by atoms with van der Waals surface area (Å²) in [5, 5.41) is 13.4. The molecule has 178 valence electrons. The van der Waals surface area contributed by atoms with Crippen LogP contribution < -0.4 is 24.8 Å². The smallest absolute Gasteiger partial charge is 0.250 e. The van der Waals surface area contributed by atoms with Gasteiger partial charge < -0.3 is 19.5 Å². The fraction of sp³-hybridized carbons (Fsp3) is 0.182. The summed E-state index contributed by atoms with van der Waals surface area (Å²) in [7, 11) is 4.52. The van der Waals surface area contributed by atoms with Crippen LogP contribution in [0, 0.1) is 5.82 Å². The van der Waals surface area contributed by atoms with E-state index in [2.05, 4.69) is 20.8 Å². The highest BCUT2D eigenvalue weighted by molar-refractivity contribution is 8.01.